The van der Waals surface area contributed by atoms with Gasteiger partial charge >= 0.3 is 5.97 Å². The zero-order valence-corrected chi connectivity index (χ0v) is 19.5. The van der Waals surface area contributed by atoms with E-state index in [1.807, 2.05) is 30.3 Å². The molecule has 0 amide bonds. The van der Waals surface area contributed by atoms with Crippen molar-refractivity contribution in [2.75, 3.05) is 28.7 Å². The number of hydrogen-bond donors (Lipinski definition) is 3. The number of nitrogens with zero attached hydrogens (tertiary/aromatic N) is 5. The minimum absolute atomic E-state index is 0.221. The number of piperidine rings is 1. The van der Waals surface area contributed by atoms with E-state index in [9.17, 15) is 4.79 Å². The van der Waals surface area contributed by atoms with Crippen LogP contribution in [0, 0.1) is 0 Å². The Morgan fingerprint density at radius 1 is 0.917 bits per heavy atom. The van der Waals surface area contributed by atoms with E-state index in [1.54, 1.807) is 24.3 Å². The quantitative estimate of drug-likeness (QED) is 0.234. The number of carboxylic acid groups (broad SMARTS) is 1. The van der Waals surface area contributed by atoms with E-state index in [1.165, 1.54) is 24.8 Å². The van der Waals surface area contributed by atoms with Gasteiger partial charge in [-0.25, -0.2) is 10.2 Å². The van der Waals surface area contributed by atoms with Crippen LogP contribution in [0.3, 0.4) is 0 Å². The molecule has 0 saturated carbocycles. The van der Waals surface area contributed by atoms with E-state index >= 15 is 0 Å². The summed E-state index contributed by atoms with van der Waals surface area (Å²) in [5, 5.41) is 16.5. The lowest BCUT2D eigenvalue weighted by Crippen LogP contribution is -2.31. The third-order valence-electron chi connectivity index (χ3n) is 5.69. The Bertz CT molecular complexity index is 1350. The summed E-state index contributed by atoms with van der Waals surface area (Å²) in [6, 6.07) is 19.8. The van der Waals surface area contributed by atoms with Gasteiger partial charge < -0.3 is 19.7 Å². The molecule has 0 unspecified atom stereocenters. The van der Waals surface area contributed by atoms with Gasteiger partial charge in [0.1, 0.15) is 11.5 Å². The van der Waals surface area contributed by atoms with Gasteiger partial charge in [0, 0.05) is 24.3 Å². The Balaban J connectivity index is 1.31. The van der Waals surface area contributed by atoms with E-state index in [0.717, 1.165) is 37.2 Å². The number of aromatic nitrogens is 3. The first kappa shape index (κ1) is 23.0. The standard InChI is InChI=1S/C26H25N7O3/c34-23(35)19-11-9-18(10-12-19)22-14-13-21(36-22)17-27-32-25-29-24(28-20-7-3-1-4-8-20)30-26(31-25)33-15-5-2-6-16-33/h1,3-4,7-14,17H,2,5-6,15-16H2,(H,34,35)(H2,28,29,30,31,32)/b27-17-. The number of rotatable bonds is 8. The van der Waals surface area contributed by atoms with Crippen LogP contribution in [0.25, 0.3) is 11.3 Å². The molecule has 10 nitrogen and oxygen atoms in total. The number of anilines is 4. The first-order chi connectivity index (χ1) is 17.6. The van der Waals surface area contributed by atoms with Crippen LogP contribution in [0.15, 0.2) is 76.2 Å². The first-order valence-electron chi connectivity index (χ1n) is 11.7. The average Bonchev–Trinajstić information content (AvgIpc) is 3.39. The number of para-hydroxylation sites is 1. The van der Waals surface area contributed by atoms with Gasteiger partial charge in [-0.1, -0.05) is 30.3 Å². The van der Waals surface area contributed by atoms with Gasteiger partial charge in [-0.05, 0) is 55.7 Å². The number of nitrogens with one attached hydrogen (secondary N) is 2. The van der Waals surface area contributed by atoms with E-state index in [4.69, 9.17) is 9.52 Å². The van der Waals surface area contributed by atoms with Crippen LogP contribution in [0.1, 0.15) is 35.4 Å². The number of carbonyl (C=O) groups is 1. The lowest BCUT2D eigenvalue weighted by atomic mass is 10.1. The molecule has 0 radical (unpaired) electrons. The minimum atomic E-state index is -0.969. The molecule has 3 N–H and O–H groups in total. The van der Waals surface area contributed by atoms with Crippen molar-refractivity contribution in [3.05, 3.63) is 78.1 Å². The summed E-state index contributed by atoms with van der Waals surface area (Å²) < 4.78 is 5.82. The molecule has 1 aliphatic rings. The second kappa shape index (κ2) is 10.7. The largest absolute Gasteiger partial charge is 0.478 e. The molecular weight excluding hydrogens is 458 g/mol. The van der Waals surface area contributed by atoms with Crippen LogP contribution in [0.4, 0.5) is 23.5 Å². The Labute approximate surface area is 207 Å². The number of aromatic carboxylic acids is 1. The maximum absolute atomic E-state index is 11.0. The molecule has 2 aromatic carbocycles. The highest BCUT2D eigenvalue weighted by Crippen LogP contribution is 2.23. The molecule has 0 aliphatic carbocycles. The topological polar surface area (TPSA) is 129 Å². The van der Waals surface area contributed by atoms with Gasteiger partial charge in [0.25, 0.3) is 0 Å². The predicted molar refractivity (Wildman–Crippen MR) is 138 cm³/mol. The van der Waals surface area contributed by atoms with Crippen LogP contribution >= 0.6 is 0 Å². The van der Waals surface area contributed by atoms with Crippen molar-refractivity contribution in [3.63, 3.8) is 0 Å². The first-order valence-corrected chi connectivity index (χ1v) is 11.7. The molecule has 0 spiro atoms. The Hall–Kier alpha value is -4.73. The molecule has 36 heavy (non-hydrogen) atoms. The van der Waals surface area contributed by atoms with Crippen molar-refractivity contribution in [1.82, 2.24) is 15.0 Å². The number of benzene rings is 2. The summed E-state index contributed by atoms with van der Waals surface area (Å²) >= 11 is 0. The monoisotopic (exact) mass is 483 g/mol. The van der Waals surface area contributed by atoms with Gasteiger partial charge in [-0.3, -0.25) is 0 Å². The molecule has 0 atom stereocenters. The van der Waals surface area contributed by atoms with Gasteiger partial charge in [0.2, 0.25) is 17.8 Å². The summed E-state index contributed by atoms with van der Waals surface area (Å²) in [5.74, 6) is 1.51. The third-order valence-corrected chi connectivity index (χ3v) is 5.69. The molecule has 0 bridgehead atoms. The van der Waals surface area contributed by atoms with E-state index in [2.05, 4.69) is 35.7 Å². The van der Waals surface area contributed by atoms with Gasteiger partial charge in [-0.2, -0.15) is 20.1 Å². The van der Waals surface area contributed by atoms with Gasteiger partial charge in [-0.15, -0.1) is 0 Å². The third kappa shape index (κ3) is 5.66. The van der Waals surface area contributed by atoms with Crippen LogP contribution in [0.5, 0.6) is 0 Å². The van der Waals surface area contributed by atoms with Crippen LogP contribution in [0.2, 0.25) is 0 Å². The van der Waals surface area contributed by atoms with Gasteiger partial charge in [0.05, 0.1) is 11.8 Å². The van der Waals surface area contributed by atoms with Crippen molar-refractivity contribution in [2.24, 2.45) is 5.10 Å². The number of hydrogen-bond acceptors (Lipinski definition) is 9. The zero-order valence-electron chi connectivity index (χ0n) is 19.5. The number of hydrazone groups is 1. The Morgan fingerprint density at radius 3 is 2.42 bits per heavy atom. The fraction of sp³-hybridized carbons (Fsp3) is 0.192. The van der Waals surface area contributed by atoms with Crippen molar-refractivity contribution < 1.29 is 14.3 Å². The second-order valence-electron chi connectivity index (χ2n) is 8.28. The Morgan fingerprint density at radius 2 is 1.67 bits per heavy atom. The van der Waals surface area contributed by atoms with Crippen molar-refractivity contribution >= 4 is 35.7 Å². The zero-order chi connectivity index (χ0) is 24.7. The molecule has 2 aromatic heterocycles. The highest BCUT2D eigenvalue weighted by molar-refractivity contribution is 5.88. The summed E-state index contributed by atoms with van der Waals surface area (Å²) in [6.07, 6.45) is 4.95. The highest BCUT2D eigenvalue weighted by Gasteiger charge is 2.16. The van der Waals surface area contributed by atoms with Crippen molar-refractivity contribution in [1.29, 1.82) is 0 Å². The van der Waals surface area contributed by atoms with Gasteiger partial charge in [0.15, 0.2) is 0 Å². The molecule has 3 heterocycles. The fourth-order valence-electron chi connectivity index (χ4n) is 3.86. The van der Waals surface area contributed by atoms with E-state index in [-0.39, 0.29) is 5.56 Å². The lowest BCUT2D eigenvalue weighted by molar-refractivity contribution is 0.0697. The summed E-state index contributed by atoms with van der Waals surface area (Å²) in [5.41, 5.74) is 4.75. The minimum Gasteiger partial charge on any atom is -0.478 e. The van der Waals surface area contributed by atoms with E-state index < -0.39 is 5.97 Å². The van der Waals surface area contributed by atoms with Crippen LogP contribution in [-0.2, 0) is 0 Å². The van der Waals surface area contributed by atoms with Crippen molar-refractivity contribution in [3.8, 4) is 11.3 Å². The fourth-order valence-corrected chi connectivity index (χ4v) is 3.86. The second-order valence-corrected chi connectivity index (χ2v) is 8.28. The van der Waals surface area contributed by atoms with Crippen LogP contribution < -0.4 is 15.6 Å². The lowest BCUT2D eigenvalue weighted by Gasteiger charge is -2.26. The summed E-state index contributed by atoms with van der Waals surface area (Å²) in [6.45, 7) is 1.81. The molecule has 1 fully saturated rings. The molecule has 5 rings (SSSR count). The predicted octanol–water partition coefficient (Wildman–Crippen LogP) is 5.01. The highest BCUT2D eigenvalue weighted by atomic mass is 16.4. The maximum atomic E-state index is 11.0. The molecule has 1 saturated heterocycles. The van der Waals surface area contributed by atoms with E-state index in [0.29, 0.717) is 29.4 Å². The molecule has 4 aromatic rings. The SMILES string of the molecule is O=C(O)c1ccc(-c2ccc(/C=N\Nc3nc(Nc4ccccc4)nc(N4CCCCC4)n3)o2)cc1. The molecular formula is C26H25N7O3. The smallest absolute Gasteiger partial charge is 0.335 e. The van der Waals surface area contributed by atoms with Crippen LogP contribution in [-0.4, -0.2) is 45.3 Å². The molecule has 10 heteroatoms. The molecule has 182 valence electrons. The Kier molecular flexibility index (Phi) is 6.83. The number of carboxylic acids is 1. The normalized spacial score (nSPS) is 13.6. The summed E-state index contributed by atoms with van der Waals surface area (Å²) in [7, 11) is 0. The molecule has 1 aliphatic heterocycles. The van der Waals surface area contributed by atoms with Crippen molar-refractivity contribution in [2.45, 2.75) is 19.3 Å². The maximum Gasteiger partial charge on any atom is 0.335 e. The average molecular weight is 484 g/mol. The number of furan rings is 1. The summed E-state index contributed by atoms with van der Waals surface area (Å²) in [4.78, 5) is 26.9.